The van der Waals surface area contributed by atoms with Crippen molar-refractivity contribution in [2.45, 2.75) is 19.3 Å². The molecular formula is C9H17N5. The van der Waals surface area contributed by atoms with Gasteiger partial charge in [-0.15, -0.1) is 10.2 Å². The Bertz CT molecular complexity index is 287. The van der Waals surface area contributed by atoms with Gasteiger partial charge in [-0.1, -0.05) is 0 Å². The highest BCUT2D eigenvalue weighted by atomic mass is 15.4. The van der Waals surface area contributed by atoms with Gasteiger partial charge in [0.1, 0.15) is 0 Å². The molecule has 1 aromatic rings. The van der Waals surface area contributed by atoms with E-state index >= 15 is 0 Å². The maximum Gasteiger partial charge on any atom is 0.226 e. The maximum absolute atomic E-state index is 4.14. The van der Waals surface area contributed by atoms with Crippen LogP contribution in [0.2, 0.25) is 0 Å². The third kappa shape index (κ3) is 1.81. The number of rotatable bonds is 2. The molecule has 1 N–H and O–H groups in total. The van der Waals surface area contributed by atoms with Crippen molar-refractivity contribution in [1.29, 1.82) is 0 Å². The van der Waals surface area contributed by atoms with Crippen LogP contribution in [0.4, 0.5) is 11.9 Å². The third-order valence-corrected chi connectivity index (χ3v) is 2.54. The van der Waals surface area contributed by atoms with E-state index in [9.17, 15) is 0 Å². The summed E-state index contributed by atoms with van der Waals surface area (Å²) in [7, 11) is 3.92. The molecule has 0 bridgehead atoms. The second kappa shape index (κ2) is 3.86. The molecule has 5 nitrogen and oxygen atoms in total. The van der Waals surface area contributed by atoms with Crippen LogP contribution in [0.3, 0.4) is 0 Å². The van der Waals surface area contributed by atoms with Gasteiger partial charge in [-0.05, 0) is 19.3 Å². The van der Waals surface area contributed by atoms with Crippen molar-refractivity contribution in [3.8, 4) is 0 Å². The summed E-state index contributed by atoms with van der Waals surface area (Å²) in [4.78, 5) is 7.41. The van der Waals surface area contributed by atoms with E-state index in [4.69, 9.17) is 0 Å². The molecule has 0 spiro atoms. The van der Waals surface area contributed by atoms with Gasteiger partial charge in [-0.3, -0.25) is 4.98 Å². The predicted molar refractivity (Wildman–Crippen MR) is 56.8 cm³/mol. The zero-order valence-electron chi connectivity index (χ0n) is 8.82. The molecular weight excluding hydrogens is 178 g/mol. The third-order valence-electron chi connectivity index (χ3n) is 2.54. The lowest BCUT2D eigenvalue weighted by atomic mass is 10.1. The molecule has 0 atom stereocenters. The molecule has 1 fully saturated rings. The number of H-pyrrole nitrogens is 1. The van der Waals surface area contributed by atoms with Crippen molar-refractivity contribution < 1.29 is 0 Å². The Morgan fingerprint density at radius 3 is 2.43 bits per heavy atom. The van der Waals surface area contributed by atoms with Crippen molar-refractivity contribution in [3.05, 3.63) is 0 Å². The van der Waals surface area contributed by atoms with E-state index in [1.165, 1.54) is 19.3 Å². The molecule has 0 aromatic carbocycles. The SMILES string of the molecule is CN(C)c1nnc(N2CCCCC2)[nH]1. The van der Waals surface area contributed by atoms with Crippen LogP contribution in [0.25, 0.3) is 0 Å². The highest BCUT2D eigenvalue weighted by molar-refractivity contribution is 5.37. The number of hydrogen-bond acceptors (Lipinski definition) is 4. The smallest absolute Gasteiger partial charge is 0.226 e. The maximum atomic E-state index is 4.14. The predicted octanol–water partition coefficient (Wildman–Crippen LogP) is 0.861. The van der Waals surface area contributed by atoms with Crippen LogP contribution in [0.15, 0.2) is 0 Å². The second-order valence-corrected chi connectivity index (χ2v) is 3.91. The first kappa shape index (κ1) is 9.30. The molecule has 5 heteroatoms. The van der Waals surface area contributed by atoms with Crippen LogP contribution in [0.1, 0.15) is 19.3 Å². The molecule has 0 saturated carbocycles. The van der Waals surface area contributed by atoms with Crippen molar-refractivity contribution >= 4 is 11.9 Å². The monoisotopic (exact) mass is 195 g/mol. The molecule has 2 heterocycles. The first-order valence-corrected chi connectivity index (χ1v) is 5.12. The van der Waals surface area contributed by atoms with Crippen LogP contribution in [-0.2, 0) is 0 Å². The zero-order valence-corrected chi connectivity index (χ0v) is 8.82. The van der Waals surface area contributed by atoms with Gasteiger partial charge in [0, 0.05) is 27.2 Å². The van der Waals surface area contributed by atoms with E-state index in [1.54, 1.807) is 0 Å². The molecule has 0 radical (unpaired) electrons. The number of piperidine rings is 1. The Kier molecular flexibility index (Phi) is 2.56. The lowest BCUT2D eigenvalue weighted by molar-refractivity contribution is 0.569. The van der Waals surface area contributed by atoms with Gasteiger partial charge >= 0.3 is 0 Å². The first-order valence-electron chi connectivity index (χ1n) is 5.12. The number of aromatic amines is 1. The van der Waals surface area contributed by atoms with Gasteiger partial charge in [-0.25, -0.2) is 0 Å². The van der Waals surface area contributed by atoms with Gasteiger partial charge in [0.2, 0.25) is 11.9 Å². The minimum atomic E-state index is 0.825. The second-order valence-electron chi connectivity index (χ2n) is 3.91. The summed E-state index contributed by atoms with van der Waals surface area (Å²) in [5, 5.41) is 8.21. The standard InChI is InChI=1S/C9H17N5/c1-13(2)8-10-9(12-11-8)14-6-4-3-5-7-14/h3-7H2,1-2H3,(H,10,11,12). The molecule has 1 aliphatic rings. The van der Waals surface area contributed by atoms with Crippen molar-refractivity contribution in [2.75, 3.05) is 37.0 Å². The minimum Gasteiger partial charge on any atom is -0.347 e. The summed E-state index contributed by atoms with van der Waals surface area (Å²) in [6.07, 6.45) is 3.86. The van der Waals surface area contributed by atoms with E-state index in [0.717, 1.165) is 25.0 Å². The molecule has 2 rings (SSSR count). The summed E-state index contributed by atoms with van der Waals surface area (Å²) in [6.45, 7) is 2.20. The van der Waals surface area contributed by atoms with Gasteiger partial charge in [0.05, 0.1) is 0 Å². The number of anilines is 2. The van der Waals surface area contributed by atoms with E-state index in [-0.39, 0.29) is 0 Å². The van der Waals surface area contributed by atoms with Gasteiger partial charge in [-0.2, -0.15) is 0 Å². The van der Waals surface area contributed by atoms with Crippen molar-refractivity contribution in [2.24, 2.45) is 0 Å². The van der Waals surface area contributed by atoms with Gasteiger partial charge in [0.25, 0.3) is 0 Å². The topological polar surface area (TPSA) is 48.1 Å². The van der Waals surface area contributed by atoms with Crippen molar-refractivity contribution in [1.82, 2.24) is 15.2 Å². The first-order chi connectivity index (χ1) is 6.77. The van der Waals surface area contributed by atoms with Crippen molar-refractivity contribution in [3.63, 3.8) is 0 Å². The lowest BCUT2D eigenvalue weighted by Gasteiger charge is -2.25. The average molecular weight is 195 g/mol. The number of nitrogens with one attached hydrogen (secondary N) is 1. The molecule has 1 aliphatic heterocycles. The Labute approximate surface area is 84.1 Å². The fourth-order valence-electron chi connectivity index (χ4n) is 1.69. The minimum absolute atomic E-state index is 0.825. The van der Waals surface area contributed by atoms with Crippen LogP contribution >= 0.6 is 0 Å². The fraction of sp³-hybridized carbons (Fsp3) is 0.778. The van der Waals surface area contributed by atoms with E-state index < -0.39 is 0 Å². The van der Waals surface area contributed by atoms with Crippen LogP contribution in [-0.4, -0.2) is 42.4 Å². The summed E-state index contributed by atoms with van der Waals surface area (Å²) in [6, 6.07) is 0. The van der Waals surface area contributed by atoms with E-state index in [2.05, 4.69) is 20.1 Å². The number of hydrogen-bond donors (Lipinski definition) is 1. The largest absolute Gasteiger partial charge is 0.347 e. The van der Waals surface area contributed by atoms with Gasteiger partial charge < -0.3 is 9.80 Å². The Balaban J connectivity index is 2.07. The summed E-state index contributed by atoms with van der Waals surface area (Å²) >= 11 is 0. The van der Waals surface area contributed by atoms with E-state index in [1.807, 2.05) is 19.0 Å². The Morgan fingerprint density at radius 2 is 1.86 bits per heavy atom. The molecule has 0 aliphatic carbocycles. The highest BCUT2D eigenvalue weighted by Gasteiger charge is 2.14. The Hall–Kier alpha value is -1.26. The highest BCUT2D eigenvalue weighted by Crippen LogP contribution is 2.16. The van der Waals surface area contributed by atoms with Crippen LogP contribution < -0.4 is 9.80 Å². The Morgan fingerprint density at radius 1 is 1.14 bits per heavy atom. The van der Waals surface area contributed by atoms with Gasteiger partial charge in [0.15, 0.2) is 0 Å². The molecule has 0 unspecified atom stereocenters. The summed E-state index contributed by atoms with van der Waals surface area (Å²) in [5.74, 6) is 1.74. The molecule has 1 aromatic heterocycles. The lowest BCUT2D eigenvalue weighted by Crippen LogP contribution is -2.30. The number of nitrogens with zero attached hydrogens (tertiary/aromatic N) is 4. The fourth-order valence-corrected chi connectivity index (χ4v) is 1.69. The van der Waals surface area contributed by atoms with Crippen LogP contribution in [0.5, 0.6) is 0 Å². The molecule has 1 saturated heterocycles. The summed E-state index contributed by atoms with van der Waals surface area (Å²) in [5.41, 5.74) is 0. The van der Waals surface area contributed by atoms with Crippen LogP contribution in [0, 0.1) is 0 Å². The average Bonchev–Trinajstić information content (AvgIpc) is 2.68. The molecule has 78 valence electrons. The zero-order chi connectivity index (χ0) is 9.97. The quantitative estimate of drug-likeness (QED) is 0.760. The number of aromatic nitrogens is 3. The van der Waals surface area contributed by atoms with E-state index in [0.29, 0.717) is 0 Å². The molecule has 0 amide bonds. The normalized spacial score (nSPS) is 17.1. The molecule has 14 heavy (non-hydrogen) atoms. The summed E-state index contributed by atoms with van der Waals surface area (Å²) < 4.78 is 0.